The van der Waals surface area contributed by atoms with Gasteiger partial charge in [-0.3, -0.25) is 0 Å². The van der Waals surface area contributed by atoms with Crippen molar-refractivity contribution in [2.75, 3.05) is 6.61 Å². The maximum Gasteiger partial charge on any atom is 0.0906 e. The largest absolute Gasteiger partial charge is 0.372 e. The van der Waals surface area contributed by atoms with Gasteiger partial charge >= 0.3 is 0 Å². The van der Waals surface area contributed by atoms with Crippen LogP contribution in [0.25, 0.3) is 0 Å². The predicted molar refractivity (Wildman–Crippen MR) is 54.8 cm³/mol. The summed E-state index contributed by atoms with van der Waals surface area (Å²) >= 11 is 3.45. The maximum atomic E-state index is 5.41. The molecule has 0 radical (unpaired) electrons. The molecule has 2 fully saturated rings. The minimum absolute atomic E-state index is 0.403. The van der Waals surface area contributed by atoms with Crippen molar-refractivity contribution < 1.29 is 4.74 Å². The first-order valence-electron chi connectivity index (χ1n) is 4.69. The second-order valence-corrected chi connectivity index (χ2v) is 4.90. The number of epoxide rings is 1. The molecular formula is C11H11BrO. The quantitative estimate of drug-likeness (QED) is 0.723. The number of benzene rings is 1. The van der Waals surface area contributed by atoms with Gasteiger partial charge < -0.3 is 4.74 Å². The number of hydrogen-bond donors (Lipinski definition) is 0. The Bertz CT molecular complexity index is 322. The average molecular weight is 239 g/mol. The summed E-state index contributed by atoms with van der Waals surface area (Å²) in [6.07, 6.45) is 3.13. The van der Waals surface area contributed by atoms with Gasteiger partial charge in [0, 0.05) is 9.89 Å². The fourth-order valence-electron chi connectivity index (χ4n) is 2.08. The van der Waals surface area contributed by atoms with E-state index in [-0.39, 0.29) is 0 Å². The van der Waals surface area contributed by atoms with Gasteiger partial charge in [0.15, 0.2) is 0 Å². The Balaban J connectivity index is 1.95. The van der Waals surface area contributed by atoms with E-state index in [1.165, 1.54) is 18.4 Å². The van der Waals surface area contributed by atoms with Crippen molar-refractivity contribution in [1.29, 1.82) is 0 Å². The molecule has 0 aromatic heterocycles. The van der Waals surface area contributed by atoms with Gasteiger partial charge in [-0.05, 0) is 30.5 Å². The molecule has 1 heterocycles. The minimum Gasteiger partial charge on any atom is -0.372 e. The molecule has 1 atom stereocenters. The molecule has 1 aliphatic carbocycles. The Morgan fingerprint density at radius 3 is 2.31 bits per heavy atom. The highest BCUT2D eigenvalue weighted by Gasteiger charge is 2.56. The lowest BCUT2D eigenvalue weighted by atomic mass is 9.93. The summed E-state index contributed by atoms with van der Waals surface area (Å²) in [6.45, 7) is 0.968. The molecule has 0 bridgehead atoms. The van der Waals surface area contributed by atoms with Crippen LogP contribution in [0, 0.1) is 0 Å². The normalized spacial score (nSPS) is 28.5. The van der Waals surface area contributed by atoms with Crippen LogP contribution in [0.4, 0.5) is 0 Å². The van der Waals surface area contributed by atoms with Gasteiger partial charge in [-0.15, -0.1) is 0 Å². The number of hydrogen-bond acceptors (Lipinski definition) is 1. The monoisotopic (exact) mass is 238 g/mol. The van der Waals surface area contributed by atoms with Gasteiger partial charge in [-0.25, -0.2) is 0 Å². The highest BCUT2D eigenvalue weighted by Crippen LogP contribution is 2.55. The van der Waals surface area contributed by atoms with Crippen molar-refractivity contribution in [2.45, 2.75) is 24.4 Å². The molecule has 0 N–H and O–H groups in total. The van der Waals surface area contributed by atoms with Crippen molar-refractivity contribution in [1.82, 2.24) is 0 Å². The first-order chi connectivity index (χ1) is 6.31. The minimum atomic E-state index is 0.403. The van der Waals surface area contributed by atoms with Gasteiger partial charge in [0.2, 0.25) is 0 Å². The molecule has 1 nitrogen and oxygen atoms in total. The second kappa shape index (κ2) is 2.58. The Morgan fingerprint density at radius 2 is 1.85 bits per heavy atom. The summed E-state index contributed by atoms with van der Waals surface area (Å²) < 4.78 is 6.56. The molecular weight excluding hydrogens is 228 g/mol. The van der Waals surface area contributed by atoms with E-state index < -0.39 is 0 Å². The molecule has 13 heavy (non-hydrogen) atoms. The third-order valence-electron chi connectivity index (χ3n) is 3.16. The smallest absolute Gasteiger partial charge is 0.0906 e. The van der Waals surface area contributed by atoms with E-state index in [1.807, 2.05) is 0 Å². The standard InChI is InChI=1S/C11H11BrO/c12-9-3-1-8(2-4-9)11(5-6-11)10-7-13-10/h1-4,10H,5-7H2/t10-/m1/s1. The summed E-state index contributed by atoms with van der Waals surface area (Å²) in [5, 5.41) is 0. The third kappa shape index (κ3) is 1.24. The summed E-state index contributed by atoms with van der Waals surface area (Å²) in [7, 11) is 0. The van der Waals surface area contributed by atoms with E-state index in [4.69, 9.17) is 4.74 Å². The molecule has 1 saturated carbocycles. The molecule has 0 amide bonds. The zero-order valence-corrected chi connectivity index (χ0v) is 8.88. The summed E-state index contributed by atoms with van der Waals surface area (Å²) in [4.78, 5) is 0. The Kier molecular flexibility index (Phi) is 1.59. The van der Waals surface area contributed by atoms with E-state index in [2.05, 4.69) is 40.2 Å². The van der Waals surface area contributed by atoms with Crippen LogP contribution >= 0.6 is 15.9 Å². The van der Waals surface area contributed by atoms with Crippen LogP contribution in [0.1, 0.15) is 18.4 Å². The lowest BCUT2D eigenvalue weighted by Crippen LogP contribution is -2.14. The molecule has 3 rings (SSSR count). The van der Waals surface area contributed by atoms with Crippen LogP contribution in [0.2, 0.25) is 0 Å². The molecule has 0 unspecified atom stereocenters. The average Bonchev–Trinajstić information content (AvgIpc) is 3.00. The highest BCUT2D eigenvalue weighted by atomic mass is 79.9. The van der Waals surface area contributed by atoms with Gasteiger partial charge in [0.25, 0.3) is 0 Å². The maximum absolute atomic E-state index is 5.41. The molecule has 68 valence electrons. The number of rotatable bonds is 2. The first-order valence-corrected chi connectivity index (χ1v) is 5.48. The van der Waals surface area contributed by atoms with Crippen LogP contribution in [-0.2, 0) is 10.2 Å². The van der Waals surface area contributed by atoms with Crippen molar-refractivity contribution in [2.24, 2.45) is 0 Å². The van der Waals surface area contributed by atoms with Crippen molar-refractivity contribution in [3.63, 3.8) is 0 Å². The zero-order chi connectivity index (χ0) is 8.89. The summed E-state index contributed by atoms with van der Waals surface area (Å²) in [5.41, 5.74) is 1.86. The zero-order valence-electron chi connectivity index (χ0n) is 7.29. The fourth-order valence-corrected chi connectivity index (χ4v) is 2.34. The number of ether oxygens (including phenoxy) is 1. The molecule has 0 spiro atoms. The Labute approximate surface area is 86.2 Å². The molecule has 1 aromatic rings. The third-order valence-corrected chi connectivity index (χ3v) is 3.69. The van der Waals surface area contributed by atoms with E-state index >= 15 is 0 Å². The summed E-state index contributed by atoms with van der Waals surface area (Å²) in [6, 6.07) is 8.69. The molecule has 2 heteroatoms. The van der Waals surface area contributed by atoms with Crippen LogP contribution in [0.5, 0.6) is 0 Å². The topological polar surface area (TPSA) is 12.5 Å². The molecule has 1 aromatic carbocycles. The predicted octanol–water partition coefficient (Wildman–Crippen LogP) is 2.88. The van der Waals surface area contributed by atoms with Crippen LogP contribution in [0.15, 0.2) is 28.7 Å². The van der Waals surface area contributed by atoms with Crippen LogP contribution in [-0.4, -0.2) is 12.7 Å². The highest BCUT2D eigenvalue weighted by molar-refractivity contribution is 9.10. The Morgan fingerprint density at radius 1 is 1.23 bits per heavy atom. The molecule has 2 aliphatic rings. The van der Waals surface area contributed by atoms with Crippen molar-refractivity contribution in [3.05, 3.63) is 34.3 Å². The SMILES string of the molecule is Brc1ccc(C2([C@H]3CO3)CC2)cc1. The Hall–Kier alpha value is -0.340. The van der Waals surface area contributed by atoms with Crippen molar-refractivity contribution in [3.8, 4) is 0 Å². The first kappa shape index (κ1) is 8.01. The lowest BCUT2D eigenvalue weighted by Gasteiger charge is -2.11. The van der Waals surface area contributed by atoms with E-state index in [9.17, 15) is 0 Å². The van der Waals surface area contributed by atoms with Gasteiger partial charge in [0.05, 0.1) is 12.7 Å². The van der Waals surface area contributed by atoms with Gasteiger partial charge in [0.1, 0.15) is 0 Å². The van der Waals surface area contributed by atoms with Crippen molar-refractivity contribution >= 4 is 15.9 Å². The van der Waals surface area contributed by atoms with Gasteiger partial charge in [-0.2, -0.15) is 0 Å². The van der Waals surface area contributed by atoms with Gasteiger partial charge in [-0.1, -0.05) is 28.1 Å². The van der Waals surface area contributed by atoms with Crippen LogP contribution < -0.4 is 0 Å². The lowest BCUT2D eigenvalue weighted by molar-refractivity contribution is 0.364. The number of halogens is 1. The van der Waals surface area contributed by atoms with E-state index in [0.717, 1.165) is 11.1 Å². The fraction of sp³-hybridized carbons (Fsp3) is 0.455. The molecule has 1 saturated heterocycles. The van der Waals surface area contributed by atoms with E-state index in [1.54, 1.807) is 0 Å². The van der Waals surface area contributed by atoms with E-state index in [0.29, 0.717) is 11.5 Å². The summed E-state index contributed by atoms with van der Waals surface area (Å²) in [5.74, 6) is 0. The molecule has 1 aliphatic heterocycles. The van der Waals surface area contributed by atoms with Crippen LogP contribution in [0.3, 0.4) is 0 Å². The second-order valence-electron chi connectivity index (χ2n) is 3.99.